The predicted octanol–water partition coefficient (Wildman–Crippen LogP) is 1.35. The highest BCUT2D eigenvalue weighted by Crippen LogP contribution is 2.14. The Labute approximate surface area is 114 Å². The smallest absolute Gasteiger partial charge is 0.240 e. The van der Waals surface area contributed by atoms with Crippen LogP contribution in [0.1, 0.15) is 26.3 Å². The maximum Gasteiger partial charge on any atom is 0.240 e. The molecule has 0 radical (unpaired) electrons. The van der Waals surface area contributed by atoms with Crippen LogP contribution in [0.5, 0.6) is 0 Å². The van der Waals surface area contributed by atoms with Gasteiger partial charge in [0.2, 0.25) is 10.0 Å². The van der Waals surface area contributed by atoms with Gasteiger partial charge < -0.3 is 5.11 Å². The number of nitrogens with one attached hydrogen (secondary N) is 1. The number of aliphatic hydroxyl groups excluding tert-OH is 1. The highest BCUT2D eigenvalue weighted by atomic mass is 32.2. The summed E-state index contributed by atoms with van der Waals surface area (Å²) in [6.45, 7) is 6.05. The highest BCUT2D eigenvalue weighted by molar-refractivity contribution is 7.89. The Balaban J connectivity index is 2.85. The molecule has 0 aliphatic carbocycles. The van der Waals surface area contributed by atoms with Gasteiger partial charge in [0.25, 0.3) is 0 Å². The maximum absolute atomic E-state index is 12.0. The second kappa shape index (κ2) is 6.20. The van der Waals surface area contributed by atoms with Gasteiger partial charge in [-0.25, -0.2) is 13.1 Å². The van der Waals surface area contributed by atoms with Gasteiger partial charge in [-0.2, -0.15) is 0 Å². The normalized spacial score (nSPS) is 11.8. The third kappa shape index (κ3) is 5.43. The van der Waals surface area contributed by atoms with Crippen molar-refractivity contribution in [2.45, 2.75) is 25.7 Å². The van der Waals surface area contributed by atoms with Gasteiger partial charge in [0.05, 0.1) is 4.90 Å². The fraction of sp³-hybridized carbons (Fsp3) is 0.429. The molecule has 19 heavy (non-hydrogen) atoms. The average molecular weight is 281 g/mol. The molecule has 1 rings (SSSR count). The Kier molecular flexibility index (Phi) is 5.12. The summed E-state index contributed by atoms with van der Waals surface area (Å²) in [4.78, 5) is 0.214. The largest absolute Gasteiger partial charge is 0.384 e. The zero-order valence-corrected chi connectivity index (χ0v) is 12.2. The van der Waals surface area contributed by atoms with Gasteiger partial charge in [0.1, 0.15) is 6.61 Å². The van der Waals surface area contributed by atoms with E-state index in [4.69, 9.17) is 5.11 Å². The summed E-state index contributed by atoms with van der Waals surface area (Å²) in [7, 11) is -3.48. The van der Waals surface area contributed by atoms with Crippen LogP contribution in [-0.4, -0.2) is 26.7 Å². The molecule has 0 amide bonds. The summed E-state index contributed by atoms with van der Waals surface area (Å²) < 4.78 is 26.6. The number of hydrogen-bond acceptors (Lipinski definition) is 3. The van der Waals surface area contributed by atoms with Crippen molar-refractivity contribution in [1.82, 2.24) is 4.72 Å². The molecule has 0 aliphatic rings. The lowest BCUT2D eigenvalue weighted by Gasteiger charge is -2.18. The van der Waals surface area contributed by atoms with Crippen molar-refractivity contribution in [1.29, 1.82) is 0 Å². The zero-order valence-electron chi connectivity index (χ0n) is 11.4. The molecular formula is C14H19NO3S. The van der Waals surface area contributed by atoms with Crippen molar-refractivity contribution in [2.75, 3.05) is 13.2 Å². The minimum Gasteiger partial charge on any atom is -0.384 e. The molecule has 1 aromatic rings. The Morgan fingerprint density at radius 1 is 1.21 bits per heavy atom. The molecule has 0 bridgehead atoms. The summed E-state index contributed by atoms with van der Waals surface area (Å²) in [5.41, 5.74) is 0.559. The van der Waals surface area contributed by atoms with Crippen LogP contribution in [0, 0.1) is 17.3 Å². The van der Waals surface area contributed by atoms with Crippen LogP contribution in [0.15, 0.2) is 29.2 Å². The average Bonchev–Trinajstić information content (AvgIpc) is 2.34. The van der Waals surface area contributed by atoms with Gasteiger partial charge in [0, 0.05) is 12.1 Å². The standard InChI is InChI=1S/C14H19NO3S/c1-14(2,3)11-15-19(17,18)13-8-6-12(7-9-13)5-4-10-16/h6-9,15-16H,10-11H2,1-3H3. The van der Waals surface area contributed by atoms with Crippen molar-refractivity contribution in [3.8, 4) is 11.8 Å². The van der Waals surface area contributed by atoms with Crippen molar-refractivity contribution in [3.05, 3.63) is 29.8 Å². The number of sulfonamides is 1. The van der Waals surface area contributed by atoms with E-state index in [9.17, 15) is 8.42 Å². The van der Waals surface area contributed by atoms with E-state index in [0.717, 1.165) is 0 Å². The first-order chi connectivity index (χ1) is 8.74. The van der Waals surface area contributed by atoms with Gasteiger partial charge >= 0.3 is 0 Å². The first kappa shape index (κ1) is 15.7. The SMILES string of the molecule is CC(C)(C)CNS(=O)(=O)c1ccc(C#CCO)cc1. The number of hydrogen-bond donors (Lipinski definition) is 2. The molecule has 0 heterocycles. The molecule has 4 nitrogen and oxygen atoms in total. The lowest BCUT2D eigenvalue weighted by Crippen LogP contribution is -2.32. The van der Waals surface area contributed by atoms with Crippen LogP contribution in [0.3, 0.4) is 0 Å². The van der Waals surface area contributed by atoms with Crippen LogP contribution in [0.4, 0.5) is 0 Å². The molecule has 0 spiro atoms. The summed E-state index contributed by atoms with van der Waals surface area (Å²) in [5.74, 6) is 5.22. The van der Waals surface area contributed by atoms with E-state index in [-0.39, 0.29) is 16.9 Å². The van der Waals surface area contributed by atoms with E-state index < -0.39 is 10.0 Å². The third-order valence-corrected chi connectivity index (χ3v) is 3.69. The minimum absolute atomic E-state index is 0.111. The van der Waals surface area contributed by atoms with Crippen LogP contribution in [0.2, 0.25) is 0 Å². The van der Waals surface area contributed by atoms with E-state index in [1.807, 2.05) is 20.8 Å². The monoisotopic (exact) mass is 281 g/mol. The number of aliphatic hydroxyl groups is 1. The molecule has 0 fully saturated rings. The summed E-state index contributed by atoms with van der Waals surface area (Å²) in [5, 5.41) is 8.58. The molecule has 104 valence electrons. The summed E-state index contributed by atoms with van der Waals surface area (Å²) in [6.07, 6.45) is 0. The molecule has 1 aromatic carbocycles. The van der Waals surface area contributed by atoms with E-state index in [2.05, 4.69) is 16.6 Å². The Morgan fingerprint density at radius 2 is 1.79 bits per heavy atom. The second-order valence-electron chi connectivity index (χ2n) is 5.37. The molecule has 2 N–H and O–H groups in total. The van der Waals surface area contributed by atoms with Gasteiger partial charge in [0.15, 0.2) is 0 Å². The van der Waals surface area contributed by atoms with E-state index in [1.165, 1.54) is 12.1 Å². The van der Waals surface area contributed by atoms with E-state index in [1.54, 1.807) is 12.1 Å². The van der Waals surface area contributed by atoms with Crippen LogP contribution in [0.25, 0.3) is 0 Å². The lowest BCUT2D eigenvalue weighted by atomic mass is 9.98. The molecule has 0 unspecified atom stereocenters. The quantitative estimate of drug-likeness (QED) is 0.822. The van der Waals surface area contributed by atoms with E-state index in [0.29, 0.717) is 12.1 Å². The second-order valence-corrected chi connectivity index (χ2v) is 7.14. The maximum atomic E-state index is 12.0. The van der Waals surface area contributed by atoms with Gasteiger partial charge in [-0.1, -0.05) is 32.6 Å². The molecule has 0 saturated heterocycles. The minimum atomic E-state index is -3.48. The first-order valence-corrected chi connectivity index (χ1v) is 7.42. The Bertz CT molecular complexity index is 572. The third-order valence-electron chi connectivity index (χ3n) is 2.27. The Hall–Kier alpha value is -1.35. The highest BCUT2D eigenvalue weighted by Gasteiger charge is 2.18. The summed E-state index contributed by atoms with van der Waals surface area (Å²) >= 11 is 0. The van der Waals surface area contributed by atoms with Crippen molar-refractivity contribution in [2.24, 2.45) is 5.41 Å². The Morgan fingerprint density at radius 3 is 2.26 bits per heavy atom. The molecular weight excluding hydrogens is 262 g/mol. The fourth-order valence-electron chi connectivity index (χ4n) is 1.25. The summed E-state index contributed by atoms with van der Waals surface area (Å²) in [6, 6.07) is 6.25. The predicted molar refractivity (Wildman–Crippen MR) is 75.0 cm³/mol. The molecule has 5 heteroatoms. The molecule has 0 aromatic heterocycles. The van der Waals surface area contributed by atoms with Gasteiger partial charge in [-0.3, -0.25) is 0 Å². The zero-order chi connectivity index (χ0) is 14.5. The van der Waals surface area contributed by atoms with Crippen molar-refractivity contribution in [3.63, 3.8) is 0 Å². The molecule has 0 saturated carbocycles. The van der Waals surface area contributed by atoms with Gasteiger partial charge in [-0.05, 0) is 29.7 Å². The molecule has 0 aliphatic heterocycles. The topological polar surface area (TPSA) is 66.4 Å². The van der Waals surface area contributed by atoms with Crippen LogP contribution in [-0.2, 0) is 10.0 Å². The van der Waals surface area contributed by atoms with Gasteiger partial charge in [-0.15, -0.1) is 0 Å². The van der Waals surface area contributed by atoms with Crippen molar-refractivity contribution < 1.29 is 13.5 Å². The first-order valence-electron chi connectivity index (χ1n) is 5.94. The fourth-order valence-corrected chi connectivity index (χ4v) is 2.54. The van der Waals surface area contributed by atoms with Crippen LogP contribution < -0.4 is 4.72 Å². The van der Waals surface area contributed by atoms with E-state index >= 15 is 0 Å². The number of benzene rings is 1. The number of rotatable bonds is 3. The lowest BCUT2D eigenvalue weighted by molar-refractivity contribution is 0.350. The molecule has 0 atom stereocenters. The van der Waals surface area contributed by atoms with Crippen LogP contribution >= 0.6 is 0 Å². The van der Waals surface area contributed by atoms with Crippen molar-refractivity contribution >= 4 is 10.0 Å².